The van der Waals surface area contributed by atoms with Gasteiger partial charge in [0, 0.05) is 23.5 Å². The lowest BCUT2D eigenvalue weighted by atomic mass is 10.2. The largest absolute Gasteiger partial charge is 0.385 e. The second kappa shape index (κ2) is 8.10. The van der Waals surface area contributed by atoms with E-state index in [4.69, 9.17) is 0 Å². The average molecular weight is 282 g/mol. The summed E-state index contributed by atoms with van der Waals surface area (Å²) in [5.41, 5.74) is 2.56. The summed E-state index contributed by atoms with van der Waals surface area (Å²) in [6.07, 6.45) is 3.66. The topological polar surface area (TPSA) is 41.1 Å². The van der Waals surface area contributed by atoms with Crippen LogP contribution in [0.25, 0.3) is 0 Å². The standard InChI is InChI=1S/C18H22N2O/c1-2-3-7-14-19-16-10-12-17(13-11-16)20-18(21)15-8-5-4-6-9-15/h4-6,8-13,19H,2-3,7,14H2,1H3,(H,20,21). The van der Waals surface area contributed by atoms with Gasteiger partial charge >= 0.3 is 0 Å². The highest BCUT2D eigenvalue weighted by Crippen LogP contribution is 2.15. The van der Waals surface area contributed by atoms with E-state index in [-0.39, 0.29) is 5.91 Å². The molecule has 0 saturated carbocycles. The van der Waals surface area contributed by atoms with Crippen molar-refractivity contribution in [1.82, 2.24) is 0 Å². The molecular weight excluding hydrogens is 260 g/mol. The highest BCUT2D eigenvalue weighted by atomic mass is 16.1. The van der Waals surface area contributed by atoms with Gasteiger partial charge in [0.25, 0.3) is 5.91 Å². The van der Waals surface area contributed by atoms with Crippen molar-refractivity contribution < 1.29 is 4.79 Å². The number of amides is 1. The molecule has 0 spiro atoms. The molecule has 2 rings (SSSR count). The van der Waals surface area contributed by atoms with Crippen LogP contribution >= 0.6 is 0 Å². The van der Waals surface area contributed by atoms with Crippen LogP contribution in [0, 0.1) is 0 Å². The predicted molar refractivity (Wildman–Crippen MR) is 88.9 cm³/mol. The molecule has 2 aromatic carbocycles. The molecule has 0 heterocycles. The fourth-order valence-electron chi connectivity index (χ4n) is 2.07. The van der Waals surface area contributed by atoms with Crippen molar-refractivity contribution in [3.63, 3.8) is 0 Å². The second-order valence-corrected chi connectivity index (χ2v) is 5.03. The summed E-state index contributed by atoms with van der Waals surface area (Å²) in [5.74, 6) is -0.0840. The Morgan fingerprint density at radius 2 is 1.57 bits per heavy atom. The molecule has 0 radical (unpaired) electrons. The maximum absolute atomic E-state index is 12.0. The molecule has 3 nitrogen and oxygen atoms in total. The van der Waals surface area contributed by atoms with Crippen LogP contribution in [-0.4, -0.2) is 12.5 Å². The zero-order valence-corrected chi connectivity index (χ0v) is 12.4. The van der Waals surface area contributed by atoms with E-state index < -0.39 is 0 Å². The van der Waals surface area contributed by atoms with Crippen molar-refractivity contribution in [3.05, 3.63) is 60.2 Å². The van der Waals surface area contributed by atoms with Gasteiger partial charge in [-0.15, -0.1) is 0 Å². The number of rotatable bonds is 7. The fourth-order valence-corrected chi connectivity index (χ4v) is 2.07. The van der Waals surface area contributed by atoms with Gasteiger partial charge in [-0.1, -0.05) is 38.0 Å². The third-order valence-electron chi connectivity index (χ3n) is 3.29. The third kappa shape index (κ3) is 4.95. The highest BCUT2D eigenvalue weighted by molar-refractivity contribution is 6.04. The Kier molecular flexibility index (Phi) is 5.83. The number of anilines is 2. The minimum Gasteiger partial charge on any atom is -0.385 e. The molecule has 1 amide bonds. The van der Waals surface area contributed by atoms with Gasteiger partial charge in [0.1, 0.15) is 0 Å². The lowest BCUT2D eigenvalue weighted by molar-refractivity contribution is 0.102. The summed E-state index contributed by atoms with van der Waals surface area (Å²) in [6, 6.07) is 17.1. The molecule has 0 atom stereocenters. The van der Waals surface area contributed by atoms with Gasteiger partial charge in [0.15, 0.2) is 0 Å². The molecule has 21 heavy (non-hydrogen) atoms. The number of unbranched alkanes of at least 4 members (excludes halogenated alkanes) is 2. The zero-order valence-electron chi connectivity index (χ0n) is 12.4. The lowest BCUT2D eigenvalue weighted by Gasteiger charge is -2.08. The van der Waals surface area contributed by atoms with Gasteiger partial charge < -0.3 is 10.6 Å². The molecule has 3 heteroatoms. The van der Waals surface area contributed by atoms with Crippen LogP contribution in [0.1, 0.15) is 36.5 Å². The Labute approximate surface area is 126 Å². The minimum absolute atomic E-state index is 0.0840. The van der Waals surface area contributed by atoms with Crippen molar-refractivity contribution >= 4 is 17.3 Å². The van der Waals surface area contributed by atoms with Crippen molar-refractivity contribution in [2.45, 2.75) is 26.2 Å². The van der Waals surface area contributed by atoms with Gasteiger partial charge in [-0.3, -0.25) is 4.79 Å². The first-order valence-corrected chi connectivity index (χ1v) is 7.50. The minimum atomic E-state index is -0.0840. The van der Waals surface area contributed by atoms with Crippen LogP contribution in [-0.2, 0) is 0 Å². The van der Waals surface area contributed by atoms with Gasteiger partial charge in [0.2, 0.25) is 0 Å². The summed E-state index contributed by atoms with van der Waals surface area (Å²) in [4.78, 5) is 12.0. The molecule has 0 aromatic heterocycles. The van der Waals surface area contributed by atoms with Crippen LogP contribution in [0.5, 0.6) is 0 Å². The summed E-state index contributed by atoms with van der Waals surface area (Å²) in [6.45, 7) is 3.19. The highest BCUT2D eigenvalue weighted by Gasteiger charge is 2.04. The van der Waals surface area contributed by atoms with E-state index >= 15 is 0 Å². The summed E-state index contributed by atoms with van der Waals surface area (Å²) in [5, 5.41) is 6.27. The Hall–Kier alpha value is -2.29. The van der Waals surface area contributed by atoms with Crippen LogP contribution in [0.15, 0.2) is 54.6 Å². The fraction of sp³-hybridized carbons (Fsp3) is 0.278. The Bertz CT molecular complexity index is 549. The van der Waals surface area contributed by atoms with E-state index in [0.717, 1.165) is 17.9 Å². The van der Waals surface area contributed by atoms with E-state index in [1.807, 2.05) is 42.5 Å². The molecule has 2 aromatic rings. The molecule has 0 aliphatic heterocycles. The Morgan fingerprint density at radius 1 is 0.905 bits per heavy atom. The monoisotopic (exact) mass is 282 g/mol. The normalized spacial score (nSPS) is 10.1. The molecule has 0 aliphatic rings. The number of carbonyl (C=O) groups is 1. The Balaban J connectivity index is 1.86. The first-order valence-electron chi connectivity index (χ1n) is 7.50. The first kappa shape index (κ1) is 15.1. The smallest absolute Gasteiger partial charge is 0.255 e. The van der Waals surface area contributed by atoms with E-state index in [1.165, 1.54) is 19.3 Å². The number of carbonyl (C=O) groups excluding carboxylic acids is 1. The number of nitrogens with one attached hydrogen (secondary N) is 2. The maximum atomic E-state index is 12.0. The predicted octanol–water partition coefficient (Wildman–Crippen LogP) is 4.54. The molecule has 110 valence electrons. The lowest BCUT2D eigenvalue weighted by Crippen LogP contribution is -2.11. The van der Waals surface area contributed by atoms with Gasteiger partial charge in [0.05, 0.1) is 0 Å². The van der Waals surface area contributed by atoms with E-state index in [2.05, 4.69) is 17.6 Å². The quantitative estimate of drug-likeness (QED) is 0.732. The summed E-state index contributed by atoms with van der Waals surface area (Å²) < 4.78 is 0. The van der Waals surface area contributed by atoms with Crippen molar-refractivity contribution in [1.29, 1.82) is 0 Å². The average Bonchev–Trinajstić information content (AvgIpc) is 2.54. The Morgan fingerprint density at radius 3 is 2.24 bits per heavy atom. The van der Waals surface area contributed by atoms with Crippen LogP contribution in [0.2, 0.25) is 0 Å². The molecule has 2 N–H and O–H groups in total. The molecule has 0 unspecified atom stereocenters. The van der Waals surface area contributed by atoms with E-state index in [0.29, 0.717) is 5.56 Å². The number of hydrogen-bond donors (Lipinski definition) is 2. The van der Waals surface area contributed by atoms with Crippen LogP contribution in [0.4, 0.5) is 11.4 Å². The molecule has 0 aliphatic carbocycles. The van der Waals surface area contributed by atoms with E-state index in [1.54, 1.807) is 12.1 Å². The molecule has 0 fully saturated rings. The van der Waals surface area contributed by atoms with Crippen LogP contribution < -0.4 is 10.6 Å². The third-order valence-corrected chi connectivity index (χ3v) is 3.29. The molecule has 0 saturated heterocycles. The first-order chi connectivity index (χ1) is 10.3. The van der Waals surface area contributed by atoms with E-state index in [9.17, 15) is 4.79 Å². The van der Waals surface area contributed by atoms with Crippen LogP contribution in [0.3, 0.4) is 0 Å². The number of hydrogen-bond acceptors (Lipinski definition) is 2. The van der Waals surface area contributed by atoms with Gasteiger partial charge in [-0.2, -0.15) is 0 Å². The van der Waals surface area contributed by atoms with Gasteiger partial charge in [-0.05, 0) is 42.8 Å². The zero-order chi connectivity index (χ0) is 14.9. The summed E-state index contributed by atoms with van der Waals surface area (Å²) in [7, 11) is 0. The van der Waals surface area contributed by atoms with Crippen molar-refractivity contribution in [2.24, 2.45) is 0 Å². The van der Waals surface area contributed by atoms with Crippen molar-refractivity contribution in [3.8, 4) is 0 Å². The number of benzene rings is 2. The maximum Gasteiger partial charge on any atom is 0.255 e. The molecular formula is C18H22N2O. The summed E-state index contributed by atoms with van der Waals surface area (Å²) >= 11 is 0. The SMILES string of the molecule is CCCCCNc1ccc(NC(=O)c2ccccc2)cc1. The second-order valence-electron chi connectivity index (χ2n) is 5.03. The molecule has 0 bridgehead atoms. The van der Waals surface area contributed by atoms with Gasteiger partial charge in [-0.25, -0.2) is 0 Å². The van der Waals surface area contributed by atoms with Crippen molar-refractivity contribution in [2.75, 3.05) is 17.2 Å².